The molecular weight excluding hydrogens is 294 g/mol. The van der Waals surface area contributed by atoms with Gasteiger partial charge in [-0.1, -0.05) is 29.8 Å². The van der Waals surface area contributed by atoms with Crippen LogP contribution in [0.4, 0.5) is 0 Å². The van der Waals surface area contributed by atoms with Crippen molar-refractivity contribution in [2.75, 3.05) is 13.6 Å². The van der Waals surface area contributed by atoms with E-state index in [2.05, 4.69) is 23.2 Å². The van der Waals surface area contributed by atoms with Crippen molar-refractivity contribution in [2.24, 2.45) is 0 Å². The van der Waals surface area contributed by atoms with E-state index in [1.165, 1.54) is 5.56 Å². The van der Waals surface area contributed by atoms with Crippen LogP contribution in [0.15, 0.2) is 24.3 Å². The van der Waals surface area contributed by atoms with Crippen molar-refractivity contribution < 1.29 is 4.79 Å². The van der Waals surface area contributed by atoms with Gasteiger partial charge in [-0.05, 0) is 13.8 Å². The van der Waals surface area contributed by atoms with Crippen molar-refractivity contribution in [3.8, 4) is 17.3 Å². The molecule has 0 saturated heterocycles. The number of hydrogen-bond donors (Lipinski definition) is 0. The molecule has 0 saturated carbocycles. The number of thiazole rings is 1. The Balaban J connectivity index is 2.20. The van der Waals surface area contributed by atoms with Crippen LogP contribution < -0.4 is 0 Å². The molecule has 0 fully saturated rings. The fourth-order valence-electron chi connectivity index (χ4n) is 2.14. The zero-order chi connectivity index (χ0) is 16.1. The molecule has 2 rings (SSSR count). The number of carbonyl (C=O) groups excluding carboxylic acids is 1. The summed E-state index contributed by atoms with van der Waals surface area (Å²) in [6, 6.07) is 10.2. The van der Waals surface area contributed by atoms with Crippen molar-refractivity contribution in [3.63, 3.8) is 0 Å². The summed E-state index contributed by atoms with van der Waals surface area (Å²) >= 11 is 1.56. The summed E-state index contributed by atoms with van der Waals surface area (Å²) in [5, 5.41) is 9.57. The van der Waals surface area contributed by atoms with Gasteiger partial charge in [-0.25, -0.2) is 4.98 Å². The lowest BCUT2D eigenvalue weighted by Crippen LogP contribution is -2.28. The molecule has 0 radical (unpaired) electrons. The highest BCUT2D eigenvalue weighted by atomic mass is 32.1. The lowest BCUT2D eigenvalue weighted by atomic mass is 10.1. The molecule has 0 aliphatic carbocycles. The first-order chi connectivity index (χ1) is 10.5. The monoisotopic (exact) mass is 313 g/mol. The first-order valence-corrected chi connectivity index (χ1v) is 7.97. The van der Waals surface area contributed by atoms with Crippen LogP contribution in [0.1, 0.15) is 21.9 Å². The van der Waals surface area contributed by atoms with Gasteiger partial charge >= 0.3 is 0 Å². The molecule has 4 nitrogen and oxygen atoms in total. The standard InChI is InChI=1S/C17H19N3OS/c1-12-5-7-14(8-6-12)17-15(22-13(2)19-17)11-16(21)20(3)10-4-9-18/h5-8H,4,10-11H2,1-3H3. The molecule has 2 aromatic rings. The highest BCUT2D eigenvalue weighted by molar-refractivity contribution is 7.12. The number of aromatic nitrogens is 1. The van der Waals surface area contributed by atoms with Crippen LogP contribution in [-0.4, -0.2) is 29.4 Å². The SMILES string of the molecule is Cc1ccc(-c2nc(C)sc2CC(=O)N(C)CCC#N)cc1. The predicted octanol–water partition coefficient (Wildman–Crippen LogP) is 3.34. The number of aryl methyl sites for hydroxylation is 2. The minimum absolute atomic E-state index is 0.0206. The number of amides is 1. The van der Waals surface area contributed by atoms with E-state index in [1.807, 2.05) is 26.0 Å². The molecule has 0 unspecified atom stereocenters. The van der Waals surface area contributed by atoms with Gasteiger partial charge in [-0.15, -0.1) is 11.3 Å². The van der Waals surface area contributed by atoms with E-state index in [0.29, 0.717) is 19.4 Å². The third-order valence-corrected chi connectivity index (χ3v) is 4.40. The van der Waals surface area contributed by atoms with Gasteiger partial charge in [-0.3, -0.25) is 4.79 Å². The van der Waals surface area contributed by atoms with Crippen molar-refractivity contribution >= 4 is 17.2 Å². The highest BCUT2D eigenvalue weighted by Gasteiger charge is 2.17. The van der Waals surface area contributed by atoms with Crippen LogP contribution in [0, 0.1) is 25.2 Å². The Kier molecular flexibility index (Phi) is 5.29. The zero-order valence-electron chi connectivity index (χ0n) is 13.1. The third kappa shape index (κ3) is 3.92. The Hall–Kier alpha value is -2.19. The molecule has 22 heavy (non-hydrogen) atoms. The fraction of sp³-hybridized carbons (Fsp3) is 0.353. The lowest BCUT2D eigenvalue weighted by molar-refractivity contribution is -0.129. The van der Waals surface area contributed by atoms with Gasteiger partial charge in [0.15, 0.2) is 0 Å². The molecule has 0 bridgehead atoms. The summed E-state index contributed by atoms with van der Waals surface area (Å²) in [7, 11) is 1.74. The van der Waals surface area contributed by atoms with E-state index >= 15 is 0 Å². The quantitative estimate of drug-likeness (QED) is 0.850. The van der Waals surface area contributed by atoms with Crippen LogP contribution in [0.25, 0.3) is 11.3 Å². The molecule has 1 amide bonds. The van der Waals surface area contributed by atoms with E-state index in [0.717, 1.165) is 21.1 Å². The van der Waals surface area contributed by atoms with Crippen LogP contribution >= 0.6 is 11.3 Å². The molecule has 0 spiro atoms. The summed E-state index contributed by atoms with van der Waals surface area (Å²) in [5.74, 6) is 0.0206. The summed E-state index contributed by atoms with van der Waals surface area (Å²) in [6.45, 7) is 4.47. The molecular formula is C17H19N3OS. The minimum Gasteiger partial charge on any atom is -0.344 e. The zero-order valence-corrected chi connectivity index (χ0v) is 13.9. The maximum atomic E-state index is 12.3. The number of hydrogen-bond acceptors (Lipinski definition) is 4. The van der Waals surface area contributed by atoms with Crippen molar-refractivity contribution in [1.82, 2.24) is 9.88 Å². The van der Waals surface area contributed by atoms with Gasteiger partial charge in [0.05, 0.1) is 29.6 Å². The molecule has 1 aromatic carbocycles. The van der Waals surface area contributed by atoms with Gasteiger partial charge in [0, 0.05) is 24.0 Å². The van der Waals surface area contributed by atoms with E-state index in [4.69, 9.17) is 5.26 Å². The Morgan fingerprint density at radius 2 is 2.00 bits per heavy atom. The van der Waals surface area contributed by atoms with E-state index in [1.54, 1.807) is 23.3 Å². The number of carbonyl (C=O) groups is 1. The third-order valence-electron chi connectivity index (χ3n) is 3.43. The maximum Gasteiger partial charge on any atom is 0.227 e. The van der Waals surface area contributed by atoms with Crippen molar-refractivity contribution in [2.45, 2.75) is 26.7 Å². The van der Waals surface area contributed by atoms with Crippen molar-refractivity contribution in [3.05, 3.63) is 39.7 Å². The summed E-state index contributed by atoms with van der Waals surface area (Å²) in [5.41, 5.74) is 3.13. The Morgan fingerprint density at radius 1 is 1.32 bits per heavy atom. The van der Waals surface area contributed by atoms with E-state index in [-0.39, 0.29) is 5.91 Å². The first kappa shape index (κ1) is 16.2. The molecule has 114 valence electrons. The number of nitrogens with zero attached hydrogens (tertiary/aromatic N) is 3. The Labute approximate surface area is 135 Å². The van der Waals surface area contributed by atoms with Crippen molar-refractivity contribution in [1.29, 1.82) is 5.26 Å². The van der Waals surface area contributed by atoms with Crippen LogP contribution in [-0.2, 0) is 11.2 Å². The largest absolute Gasteiger partial charge is 0.344 e. The average molecular weight is 313 g/mol. The Morgan fingerprint density at radius 3 is 2.64 bits per heavy atom. The molecule has 0 aliphatic rings. The van der Waals surface area contributed by atoms with Crippen LogP contribution in [0.2, 0.25) is 0 Å². The van der Waals surface area contributed by atoms with Gasteiger partial charge in [0.1, 0.15) is 0 Å². The van der Waals surface area contributed by atoms with Gasteiger partial charge in [0.25, 0.3) is 0 Å². The number of benzene rings is 1. The molecule has 1 aromatic heterocycles. The number of likely N-dealkylation sites (N-methyl/N-ethyl adjacent to an activating group) is 1. The highest BCUT2D eigenvalue weighted by Crippen LogP contribution is 2.29. The normalized spacial score (nSPS) is 10.3. The first-order valence-electron chi connectivity index (χ1n) is 7.15. The number of rotatable bonds is 5. The molecule has 0 atom stereocenters. The summed E-state index contributed by atoms with van der Waals surface area (Å²) in [4.78, 5) is 19.4. The molecule has 1 heterocycles. The maximum absolute atomic E-state index is 12.3. The van der Waals surface area contributed by atoms with Gasteiger partial charge in [0.2, 0.25) is 5.91 Å². The molecule has 5 heteroatoms. The van der Waals surface area contributed by atoms with E-state index in [9.17, 15) is 4.79 Å². The van der Waals surface area contributed by atoms with E-state index < -0.39 is 0 Å². The summed E-state index contributed by atoms with van der Waals surface area (Å²) < 4.78 is 0. The fourth-order valence-corrected chi connectivity index (χ4v) is 3.09. The molecule has 0 aliphatic heterocycles. The smallest absolute Gasteiger partial charge is 0.227 e. The second kappa shape index (κ2) is 7.19. The van der Waals surface area contributed by atoms with Gasteiger partial charge in [-0.2, -0.15) is 5.26 Å². The lowest BCUT2D eigenvalue weighted by Gasteiger charge is -2.15. The predicted molar refractivity (Wildman–Crippen MR) is 88.6 cm³/mol. The topological polar surface area (TPSA) is 57.0 Å². The van der Waals surface area contributed by atoms with Crippen LogP contribution in [0.3, 0.4) is 0 Å². The second-order valence-electron chi connectivity index (χ2n) is 5.27. The average Bonchev–Trinajstić information content (AvgIpc) is 2.86. The molecule has 0 N–H and O–H groups in total. The minimum atomic E-state index is 0.0206. The Bertz CT molecular complexity index is 698. The van der Waals surface area contributed by atoms with Crippen LogP contribution in [0.5, 0.6) is 0 Å². The second-order valence-corrected chi connectivity index (χ2v) is 6.56. The number of nitriles is 1. The van der Waals surface area contributed by atoms with Gasteiger partial charge < -0.3 is 4.90 Å². The summed E-state index contributed by atoms with van der Waals surface area (Å²) in [6.07, 6.45) is 0.686.